The number of unbranched alkanes of at least 4 members (excludes halogenated alkanes) is 45. The standard InChI is InChI=1S/C69H128O6/c1-4-7-10-13-16-19-21-23-25-26-27-28-29-30-31-32-33-34-35-36-37-38-39-40-41-42-43-44-45-47-48-50-53-56-59-62-68(71)74-65-66(64-73-67(70)61-58-55-52-18-15-12-9-6-3)75-69(72)63-60-57-54-51-49-46-24-22-20-17-14-11-8-5-2/h21-24,26-27,66H,4-20,25,28-65H2,1-3H3/b23-21-,24-22-,27-26-. The normalized spacial score (nSPS) is 12.2. The fourth-order valence-electron chi connectivity index (χ4n) is 10.1. The lowest BCUT2D eigenvalue weighted by molar-refractivity contribution is -0.167. The first kappa shape index (κ1) is 72.6. The van der Waals surface area contributed by atoms with Crippen LogP contribution in [0.3, 0.4) is 0 Å². The highest BCUT2D eigenvalue weighted by Crippen LogP contribution is 2.18. The van der Waals surface area contributed by atoms with Crippen molar-refractivity contribution in [1.29, 1.82) is 0 Å². The smallest absolute Gasteiger partial charge is 0.306 e. The molecule has 0 aromatic carbocycles. The van der Waals surface area contributed by atoms with Gasteiger partial charge in [0, 0.05) is 19.3 Å². The number of allylic oxidation sites excluding steroid dienone is 6. The zero-order valence-corrected chi connectivity index (χ0v) is 50.6. The van der Waals surface area contributed by atoms with Gasteiger partial charge in [-0.1, -0.05) is 308 Å². The summed E-state index contributed by atoms with van der Waals surface area (Å²) in [6.07, 6.45) is 79.2. The molecule has 75 heavy (non-hydrogen) atoms. The van der Waals surface area contributed by atoms with Crippen LogP contribution in [0.1, 0.15) is 367 Å². The topological polar surface area (TPSA) is 78.9 Å². The summed E-state index contributed by atoms with van der Waals surface area (Å²) in [4.78, 5) is 38.0. The van der Waals surface area contributed by atoms with Gasteiger partial charge in [0.05, 0.1) is 0 Å². The predicted molar refractivity (Wildman–Crippen MR) is 326 cm³/mol. The Morgan fingerprint density at radius 3 is 0.747 bits per heavy atom. The zero-order chi connectivity index (χ0) is 54.3. The molecule has 0 aliphatic carbocycles. The van der Waals surface area contributed by atoms with E-state index < -0.39 is 6.10 Å². The van der Waals surface area contributed by atoms with Crippen molar-refractivity contribution in [3.63, 3.8) is 0 Å². The van der Waals surface area contributed by atoms with Crippen LogP contribution in [0.25, 0.3) is 0 Å². The Hall–Kier alpha value is -2.37. The molecule has 0 aromatic heterocycles. The van der Waals surface area contributed by atoms with Gasteiger partial charge in [-0.2, -0.15) is 0 Å². The molecule has 0 radical (unpaired) electrons. The Kier molecular flexibility index (Phi) is 62.1. The molecule has 1 unspecified atom stereocenters. The molecule has 0 fully saturated rings. The van der Waals surface area contributed by atoms with Gasteiger partial charge in [-0.25, -0.2) is 0 Å². The minimum Gasteiger partial charge on any atom is -0.462 e. The van der Waals surface area contributed by atoms with Crippen molar-refractivity contribution in [2.24, 2.45) is 0 Å². The largest absolute Gasteiger partial charge is 0.462 e. The number of ether oxygens (including phenoxy) is 3. The minimum absolute atomic E-state index is 0.0700. The van der Waals surface area contributed by atoms with Gasteiger partial charge in [-0.05, 0) is 77.0 Å². The second-order valence-corrected chi connectivity index (χ2v) is 22.7. The number of esters is 3. The molecular weight excluding hydrogens is 925 g/mol. The van der Waals surface area contributed by atoms with Crippen LogP contribution in [0.2, 0.25) is 0 Å². The first-order valence-electron chi connectivity index (χ1n) is 33.5. The number of rotatable bonds is 62. The second-order valence-electron chi connectivity index (χ2n) is 22.7. The van der Waals surface area contributed by atoms with Gasteiger partial charge >= 0.3 is 17.9 Å². The van der Waals surface area contributed by atoms with Crippen molar-refractivity contribution in [1.82, 2.24) is 0 Å². The minimum atomic E-state index is -0.770. The van der Waals surface area contributed by atoms with Gasteiger partial charge in [-0.15, -0.1) is 0 Å². The molecule has 0 rings (SSSR count). The van der Waals surface area contributed by atoms with Gasteiger partial charge < -0.3 is 14.2 Å². The summed E-state index contributed by atoms with van der Waals surface area (Å²) in [5, 5.41) is 0. The van der Waals surface area contributed by atoms with Gasteiger partial charge in [0.25, 0.3) is 0 Å². The van der Waals surface area contributed by atoms with E-state index in [1.807, 2.05) is 0 Å². The van der Waals surface area contributed by atoms with Crippen molar-refractivity contribution in [3.8, 4) is 0 Å². The van der Waals surface area contributed by atoms with E-state index in [1.165, 1.54) is 257 Å². The third kappa shape index (κ3) is 62.4. The predicted octanol–water partition coefficient (Wildman–Crippen LogP) is 22.8. The van der Waals surface area contributed by atoms with Crippen LogP contribution in [0.4, 0.5) is 0 Å². The van der Waals surface area contributed by atoms with Crippen LogP contribution in [-0.2, 0) is 28.6 Å². The van der Waals surface area contributed by atoms with Crippen LogP contribution in [0.5, 0.6) is 0 Å². The molecule has 6 nitrogen and oxygen atoms in total. The fraction of sp³-hybridized carbons (Fsp3) is 0.870. The molecule has 0 amide bonds. The zero-order valence-electron chi connectivity index (χ0n) is 50.6. The highest BCUT2D eigenvalue weighted by molar-refractivity contribution is 5.71. The first-order chi connectivity index (χ1) is 37.0. The molecule has 0 heterocycles. The Bertz CT molecular complexity index is 1250. The molecule has 0 bridgehead atoms. The van der Waals surface area contributed by atoms with E-state index in [-0.39, 0.29) is 31.1 Å². The molecule has 0 aliphatic heterocycles. The van der Waals surface area contributed by atoms with Crippen molar-refractivity contribution < 1.29 is 28.6 Å². The highest BCUT2D eigenvalue weighted by atomic mass is 16.6. The number of hydrogen-bond donors (Lipinski definition) is 0. The Balaban J connectivity index is 3.93. The summed E-state index contributed by atoms with van der Waals surface area (Å²) in [6.45, 7) is 6.63. The molecule has 0 N–H and O–H groups in total. The molecule has 0 saturated carbocycles. The van der Waals surface area contributed by atoms with E-state index >= 15 is 0 Å². The number of carbonyl (C=O) groups excluding carboxylic acids is 3. The molecule has 0 spiro atoms. The molecule has 440 valence electrons. The second kappa shape index (κ2) is 64.2. The van der Waals surface area contributed by atoms with Crippen LogP contribution in [0, 0.1) is 0 Å². The lowest BCUT2D eigenvalue weighted by atomic mass is 10.0. The maximum absolute atomic E-state index is 12.8. The lowest BCUT2D eigenvalue weighted by Gasteiger charge is -2.18. The summed E-state index contributed by atoms with van der Waals surface area (Å²) < 4.78 is 16.8. The van der Waals surface area contributed by atoms with Crippen LogP contribution in [-0.4, -0.2) is 37.2 Å². The van der Waals surface area contributed by atoms with Gasteiger partial charge in [0.1, 0.15) is 13.2 Å². The fourth-order valence-corrected chi connectivity index (χ4v) is 10.1. The van der Waals surface area contributed by atoms with E-state index in [9.17, 15) is 14.4 Å². The van der Waals surface area contributed by atoms with E-state index in [2.05, 4.69) is 57.2 Å². The van der Waals surface area contributed by atoms with Crippen molar-refractivity contribution in [3.05, 3.63) is 36.5 Å². The van der Waals surface area contributed by atoms with Crippen LogP contribution in [0.15, 0.2) is 36.5 Å². The maximum atomic E-state index is 12.8. The van der Waals surface area contributed by atoms with E-state index in [1.54, 1.807) is 0 Å². The summed E-state index contributed by atoms with van der Waals surface area (Å²) in [5.41, 5.74) is 0. The van der Waals surface area contributed by atoms with Crippen molar-refractivity contribution in [2.45, 2.75) is 374 Å². The summed E-state index contributed by atoms with van der Waals surface area (Å²) in [6, 6.07) is 0. The van der Waals surface area contributed by atoms with Gasteiger partial charge in [0.15, 0.2) is 6.10 Å². The average molecular weight is 1050 g/mol. The summed E-state index contributed by atoms with van der Waals surface area (Å²) in [7, 11) is 0. The molecule has 0 saturated heterocycles. The molecule has 6 heteroatoms. The highest BCUT2D eigenvalue weighted by Gasteiger charge is 2.19. The van der Waals surface area contributed by atoms with E-state index in [4.69, 9.17) is 14.2 Å². The third-order valence-electron chi connectivity index (χ3n) is 15.1. The Labute approximate surface area is 467 Å². The maximum Gasteiger partial charge on any atom is 0.306 e. The summed E-state index contributed by atoms with van der Waals surface area (Å²) >= 11 is 0. The monoisotopic (exact) mass is 1050 g/mol. The molecule has 1 atom stereocenters. The summed E-state index contributed by atoms with van der Waals surface area (Å²) in [5.74, 6) is -0.862. The van der Waals surface area contributed by atoms with Crippen molar-refractivity contribution in [2.75, 3.05) is 13.2 Å². The SMILES string of the molecule is CCCCCCC/C=C\C/C=C\CCCCCCCCCCCCCCCCCCCCCCCCCC(=O)OCC(COC(=O)CCCCCCCCCC)OC(=O)CCCCCCC/C=C\CCCCCCC. The Morgan fingerprint density at radius 1 is 0.267 bits per heavy atom. The van der Waals surface area contributed by atoms with Gasteiger partial charge in [-0.3, -0.25) is 14.4 Å². The van der Waals surface area contributed by atoms with E-state index in [0.29, 0.717) is 19.3 Å². The molecular formula is C69H128O6. The molecule has 0 aromatic rings. The van der Waals surface area contributed by atoms with E-state index in [0.717, 1.165) is 70.6 Å². The van der Waals surface area contributed by atoms with Gasteiger partial charge in [0.2, 0.25) is 0 Å². The third-order valence-corrected chi connectivity index (χ3v) is 15.1. The van der Waals surface area contributed by atoms with Crippen molar-refractivity contribution >= 4 is 17.9 Å². The molecule has 0 aliphatic rings. The first-order valence-corrected chi connectivity index (χ1v) is 33.5. The van der Waals surface area contributed by atoms with Crippen LogP contribution >= 0.6 is 0 Å². The quantitative estimate of drug-likeness (QED) is 0.0261. The Morgan fingerprint density at radius 2 is 0.480 bits per heavy atom. The average Bonchev–Trinajstić information content (AvgIpc) is 3.41. The number of carbonyl (C=O) groups is 3. The lowest BCUT2D eigenvalue weighted by Crippen LogP contribution is -2.30. The van der Waals surface area contributed by atoms with Crippen LogP contribution < -0.4 is 0 Å². The number of hydrogen-bond acceptors (Lipinski definition) is 6.